The minimum Gasteiger partial charge on any atom is -0.456 e. The van der Waals surface area contributed by atoms with E-state index in [2.05, 4.69) is 114 Å². The SMILES string of the molecule is c1ccc(-c2nc(-c3ccccc3)nc(-c3ccc4oc5ccc(-c6cccc(-c7nn(-c8ccccc8)c8cc9ccccc9cc78)c6)cc5c4c3)n2)cc1. The molecule has 0 spiro atoms. The number of aromatic nitrogens is 5. The number of benzene rings is 8. The first kappa shape index (κ1) is 31.8. The maximum absolute atomic E-state index is 6.38. The van der Waals surface area contributed by atoms with Crippen LogP contribution in [-0.2, 0) is 0 Å². The average molecular weight is 718 g/mol. The van der Waals surface area contributed by atoms with Crippen LogP contribution in [0.1, 0.15) is 0 Å². The maximum atomic E-state index is 6.38. The predicted octanol–water partition coefficient (Wildman–Crippen LogP) is 12.6. The first-order valence-corrected chi connectivity index (χ1v) is 18.6. The summed E-state index contributed by atoms with van der Waals surface area (Å²) in [6.45, 7) is 0. The second-order valence-electron chi connectivity index (χ2n) is 14.0. The third-order valence-corrected chi connectivity index (χ3v) is 10.4. The molecule has 11 aromatic rings. The molecule has 262 valence electrons. The van der Waals surface area contributed by atoms with Gasteiger partial charge in [0.25, 0.3) is 0 Å². The average Bonchev–Trinajstić information content (AvgIpc) is 3.84. The lowest BCUT2D eigenvalue weighted by Crippen LogP contribution is -2.00. The third kappa shape index (κ3) is 5.51. The summed E-state index contributed by atoms with van der Waals surface area (Å²) in [5.74, 6) is 1.86. The number of hydrogen-bond acceptors (Lipinski definition) is 5. The van der Waals surface area contributed by atoms with Crippen molar-refractivity contribution in [2.75, 3.05) is 0 Å². The molecular formula is C50H31N5O. The molecule has 0 N–H and O–H groups in total. The Bertz CT molecular complexity index is 3190. The van der Waals surface area contributed by atoms with Gasteiger partial charge in [-0.1, -0.05) is 127 Å². The van der Waals surface area contributed by atoms with Crippen molar-refractivity contribution in [3.05, 3.63) is 188 Å². The van der Waals surface area contributed by atoms with Gasteiger partial charge in [-0.3, -0.25) is 0 Å². The molecule has 0 fully saturated rings. The second kappa shape index (κ2) is 13.0. The standard InChI is InChI=1S/C50H31N5O/c1-4-13-32(14-5-1)48-51-49(33-15-6-2-7-16-33)53-50(52-48)39-24-26-46-42(30-39)41-28-37(23-25-45(41)56-46)34-19-12-20-38(27-34)47-43-29-35-17-10-11-18-36(35)31-44(43)55(54-47)40-21-8-3-9-22-40/h1-31H. The van der Waals surface area contributed by atoms with Gasteiger partial charge in [0.05, 0.1) is 11.2 Å². The Morgan fingerprint density at radius 2 is 0.857 bits per heavy atom. The molecule has 0 bridgehead atoms. The lowest BCUT2D eigenvalue weighted by molar-refractivity contribution is 0.669. The Morgan fingerprint density at radius 3 is 1.52 bits per heavy atom. The number of hydrogen-bond donors (Lipinski definition) is 0. The van der Waals surface area contributed by atoms with Crippen LogP contribution < -0.4 is 0 Å². The molecule has 6 heteroatoms. The highest BCUT2D eigenvalue weighted by Gasteiger charge is 2.18. The van der Waals surface area contributed by atoms with Gasteiger partial charge in [0.1, 0.15) is 16.9 Å². The van der Waals surface area contributed by atoms with E-state index in [-0.39, 0.29) is 0 Å². The van der Waals surface area contributed by atoms with Crippen molar-refractivity contribution < 1.29 is 4.42 Å². The number of rotatable bonds is 6. The smallest absolute Gasteiger partial charge is 0.164 e. The van der Waals surface area contributed by atoms with Crippen LogP contribution in [-0.4, -0.2) is 24.7 Å². The van der Waals surface area contributed by atoms with Gasteiger partial charge in [0, 0.05) is 38.4 Å². The molecule has 0 radical (unpaired) electrons. The quantitative estimate of drug-likeness (QED) is 0.171. The molecule has 11 rings (SSSR count). The zero-order valence-corrected chi connectivity index (χ0v) is 30.0. The van der Waals surface area contributed by atoms with Gasteiger partial charge in [-0.25, -0.2) is 19.6 Å². The van der Waals surface area contributed by atoms with Gasteiger partial charge in [-0.2, -0.15) is 5.10 Å². The van der Waals surface area contributed by atoms with Gasteiger partial charge in [0.2, 0.25) is 0 Å². The van der Waals surface area contributed by atoms with Gasteiger partial charge < -0.3 is 4.42 Å². The monoisotopic (exact) mass is 717 g/mol. The van der Waals surface area contributed by atoms with Crippen LogP contribution in [0.25, 0.3) is 106 Å². The summed E-state index contributed by atoms with van der Waals surface area (Å²) in [5.41, 5.74) is 10.7. The van der Waals surface area contributed by atoms with E-state index in [1.54, 1.807) is 0 Å². The fourth-order valence-corrected chi connectivity index (χ4v) is 7.66. The highest BCUT2D eigenvalue weighted by molar-refractivity contribution is 6.08. The Hall–Kier alpha value is -7.70. The highest BCUT2D eigenvalue weighted by atomic mass is 16.3. The molecule has 0 saturated carbocycles. The minimum absolute atomic E-state index is 0.604. The Labute approximate surface area is 322 Å². The molecule has 0 amide bonds. The van der Waals surface area contributed by atoms with Crippen LogP contribution in [0.4, 0.5) is 0 Å². The molecule has 8 aromatic carbocycles. The first-order chi connectivity index (χ1) is 27.7. The number of para-hydroxylation sites is 1. The third-order valence-electron chi connectivity index (χ3n) is 10.4. The van der Waals surface area contributed by atoms with Crippen molar-refractivity contribution in [1.29, 1.82) is 0 Å². The largest absolute Gasteiger partial charge is 0.456 e. The summed E-state index contributed by atoms with van der Waals surface area (Å²) in [6, 6.07) is 64.7. The van der Waals surface area contributed by atoms with E-state index in [4.69, 9.17) is 24.5 Å². The van der Waals surface area contributed by atoms with Gasteiger partial charge >= 0.3 is 0 Å². The van der Waals surface area contributed by atoms with E-state index in [0.29, 0.717) is 17.5 Å². The van der Waals surface area contributed by atoms with Crippen molar-refractivity contribution in [2.24, 2.45) is 0 Å². The lowest BCUT2D eigenvalue weighted by Gasteiger charge is -2.08. The maximum Gasteiger partial charge on any atom is 0.164 e. The normalized spacial score (nSPS) is 11.6. The fourth-order valence-electron chi connectivity index (χ4n) is 7.66. The number of furan rings is 1. The van der Waals surface area contributed by atoms with Crippen molar-refractivity contribution in [1.82, 2.24) is 24.7 Å². The topological polar surface area (TPSA) is 69.6 Å². The first-order valence-electron chi connectivity index (χ1n) is 18.6. The molecule has 0 aliphatic carbocycles. The van der Waals surface area contributed by atoms with Crippen molar-refractivity contribution >= 4 is 43.6 Å². The molecule has 0 unspecified atom stereocenters. The van der Waals surface area contributed by atoms with Crippen LogP contribution in [0.3, 0.4) is 0 Å². The van der Waals surface area contributed by atoms with Crippen LogP contribution >= 0.6 is 0 Å². The molecule has 0 aliphatic rings. The second-order valence-corrected chi connectivity index (χ2v) is 14.0. The summed E-state index contributed by atoms with van der Waals surface area (Å²) in [5, 5.41) is 10.7. The van der Waals surface area contributed by atoms with Crippen molar-refractivity contribution in [2.45, 2.75) is 0 Å². The van der Waals surface area contributed by atoms with Gasteiger partial charge in [0.15, 0.2) is 17.5 Å². The lowest BCUT2D eigenvalue weighted by atomic mass is 9.98. The Balaban J connectivity index is 1.03. The van der Waals surface area contributed by atoms with E-state index in [1.807, 2.05) is 78.9 Å². The van der Waals surface area contributed by atoms with Crippen LogP contribution in [0, 0.1) is 0 Å². The number of nitrogens with zero attached hydrogens (tertiary/aromatic N) is 5. The van der Waals surface area contributed by atoms with Crippen molar-refractivity contribution in [3.8, 4) is 62.2 Å². The fraction of sp³-hybridized carbons (Fsp3) is 0. The molecule has 3 aromatic heterocycles. The molecule has 3 heterocycles. The molecule has 56 heavy (non-hydrogen) atoms. The minimum atomic E-state index is 0.604. The summed E-state index contributed by atoms with van der Waals surface area (Å²) in [7, 11) is 0. The van der Waals surface area contributed by atoms with Crippen molar-refractivity contribution in [3.63, 3.8) is 0 Å². The summed E-state index contributed by atoms with van der Waals surface area (Å²) in [6.07, 6.45) is 0. The number of fused-ring (bicyclic) bond motifs is 5. The molecule has 0 saturated heterocycles. The van der Waals surface area contributed by atoms with E-state index in [1.165, 1.54) is 10.8 Å². The predicted molar refractivity (Wildman–Crippen MR) is 226 cm³/mol. The van der Waals surface area contributed by atoms with Gasteiger partial charge in [-0.15, -0.1) is 0 Å². The summed E-state index contributed by atoms with van der Waals surface area (Å²) >= 11 is 0. The molecule has 0 aliphatic heterocycles. The Morgan fingerprint density at radius 1 is 0.357 bits per heavy atom. The van der Waals surface area contributed by atoms with Gasteiger partial charge in [-0.05, 0) is 82.6 Å². The van der Waals surface area contributed by atoms with Crippen LogP contribution in [0.15, 0.2) is 192 Å². The molecule has 0 atom stereocenters. The van der Waals surface area contributed by atoms with E-state index in [9.17, 15) is 0 Å². The molecule has 6 nitrogen and oxygen atoms in total. The van der Waals surface area contributed by atoms with Crippen LogP contribution in [0.2, 0.25) is 0 Å². The Kier molecular flexibility index (Phi) is 7.38. The van der Waals surface area contributed by atoms with E-state index in [0.717, 1.165) is 77.6 Å². The molecular weight excluding hydrogens is 687 g/mol. The van der Waals surface area contributed by atoms with E-state index >= 15 is 0 Å². The zero-order chi connectivity index (χ0) is 37.0. The van der Waals surface area contributed by atoms with E-state index < -0.39 is 0 Å². The highest BCUT2D eigenvalue weighted by Crippen LogP contribution is 2.38. The zero-order valence-electron chi connectivity index (χ0n) is 30.0. The summed E-state index contributed by atoms with van der Waals surface area (Å²) < 4.78 is 8.43. The summed E-state index contributed by atoms with van der Waals surface area (Å²) in [4.78, 5) is 14.8. The van der Waals surface area contributed by atoms with Crippen LogP contribution in [0.5, 0.6) is 0 Å².